The summed E-state index contributed by atoms with van der Waals surface area (Å²) in [7, 11) is 1.31. The molecule has 1 heterocycles. The van der Waals surface area contributed by atoms with Gasteiger partial charge < -0.3 is 4.74 Å². The predicted octanol–water partition coefficient (Wildman–Crippen LogP) is 2.49. The number of Topliss-reactive ketones (excluding diaryl/α,β-unsaturated/α-hetero) is 1. The summed E-state index contributed by atoms with van der Waals surface area (Å²) in [5, 5.41) is 0. The van der Waals surface area contributed by atoms with E-state index in [0.717, 1.165) is 0 Å². The minimum Gasteiger partial charge on any atom is -0.466 e. The van der Waals surface area contributed by atoms with Crippen molar-refractivity contribution in [3.05, 3.63) is 39.9 Å². The second-order valence-electron chi connectivity index (χ2n) is 4.46. The first-order valence-electron chi connectivity index (χ1n) is 6.43. The highest BCUT2D eigenvalue weighted by Crippen LogP contribution is 2.35. The Morgan fingerprint density at radius 3 is 2.71 bits per heavy atom. The van der Waals surface area contributed by atoms with E-state index in [4.69, 9.17) is 0 Å². The Balaban J connectivity index is 2.34. The Kier molecular flexibility index (Phi) is 4.57. The van der Waals surface area contributed by atoms with Gasteiger partial charge >= 0.3 is 5.97 Å². The van der Waals surface area contributed by atoms with E-state index >= 15 is 0 Å². The van der Waals surface area contributed by atoms with Gasteiger partial charge in [0.2, 0.25) is 0 Å². The quantitative estimate of drug-likeness (QED) is 0.475. The largest absolute Gasteiger partial charge is 0.466 e. The lowest BCUT2D eigenvalue weighted by atomic mass is 10.1. The van der Waals surface area contributed by atoms with Crippen LogP contribution in [0.3, 0.4) is 0 Å². The van der Waals surface area contributed by atoms with Crippen LogP contribution in [0, 0.1) is 0 Å². The van der Waals surface area contributed by atoms with Gasteiger partial charge in [0, 0.05) is 16.6 Å². The second kappa shape index (κ2) is 6.22. The minimum atomic E-state index is -0.589. The number of hydrogen-bond donors (Lipinski definition) is 0. The van der Waals surface area contributed by atoms with Crippen LogP contribution in [0.5, 0.6) is 0 Å². The number of halogens is 1. The van der Waals surface area contributed by atoms with Gasteiger partial charge in [-0.2, -0.15) is 0 Å². The van der Waals surface area contributed by atoms with E-state index < -0.39 is 17.7 Å². The zero-order chi connectivity index (χ0) is 15.6. The topological polar surface area (TPSA) is 63.7 Å². The highest BCUT2D eigenvalue weighted by molar-refractivity contribution is 9.10. The van der Waals surface area contributed by atoms with Crippen LogP contribution in [-0.2, 0) is 14.3 Å². The minimum absolute atomic E-state index is 0.151. The molecular weight excluding hydrogens is 338 g/mol. The average Bonchev–Trinajstić information content (AvgIpc) is 2.73. The van der Waals surface area contributed by atoms with E-state index in [1.807, 2.05) is 6.92 Å². The zero-order valence-electron chi connectivity index (χ0n) is 11.7. The van der Waals surface area contributed by atoms with Crippen LogP contribution in [0.4, 0.5) is 5.69 Å². The molecule has 0 unspecified atom stereocenters. The normalized spacial score (nSPS) is 14.4. The average molecular weight is 352 g/mol. The maximum atomic E-state index is 12.1. The number of carbonyl (C=O) groups excluding carboxylic acids is 3. The van der Waals surface area contributed by atoms with Crippen molar-refractivity contribution in [1.82, 2.24) is 0 Å². The molecular formula is C15H14BrNO4. The lowest BCUT2D eigenvalue weighted by Gasteiger charge is -2.16. The van der Waals surface area contributed by atoms with E-state index in [-0.39, 0.29) is 6.54 Å². The summed E-state index contributed by atoms with van der Waals surface area (Å²) >= 11 is 3.35. The molecule has 0 atom stereocenters. The lowest BCUT2D eigenvalue weighted by Crippen LogP contribution is -2.30. The number of carbonyl (C=O) groups is 3. The van der Waals surface area contributed by atoms with Crippen molar-refractivity contribution in [3.8, 4) is 0 Å². The number of anilines is 1. The Labute approximate surface area is 130 Å². The zero-order valence-corrected chi connectivity index (χ0v) is 13.3. The van der Waals surface area contributed by atoms with Crippen LogP contribution in [0.2, 0.25) is 0 Å². The summed E-state index contributed by atoms with van der Waals surface area (Å²) in [6.07, 6.45) is 2.11. The van der Waals surface area contributed by atoms with Crippen molar-refractivity contribution >= 4 is 39.3 Å². The third-order valence-electron chi connectivity index (χ3n) is 3.29. The van der Waals surface area contributed by atoms with Gasteiger partial charge in [-0.1, -0.05) is 19.1 Å². The number of hydrogen-bond acceptors (Lipinski definition) is 4. The Bertz CT molecular complexity index is 651. The number of amides is 1. The molecule has 0 radical (unpaired) electrons. The second-order valence-corrected chi connectivity index (χ2v) is 5.31. The molecule has 1 aliphatic rings. The molecule has 0 aromatic heterocycles. The molecule has 1 aromatic rings. The maximum Gasteiger partial charge on any atom is 0.333 e. The third kappa shape index (κ3) is 2.76. The maximum absolute atomic E-state index is 12.1. The summed E-state index contributed by atoms with van der Waals surface area (Å²) in [6, 6.07) is 5.09. The predicted molar refractivity (Wildman–Crippen MR) is 81.2 cm³/mol. The number of benzene rings is 1. The van der Waals surface area contributed by atoms with Crippen molar-refractivity contribution in [3.63, 3.8) is 0 Å². The van der Waals surface area contributed by atoms with Crippen molar-refractivity contribution in [2.45, 2.75) is 13.3 Å². The first-order chi connectivity index (χ1) is 10.0. The monoisotopic (exact) mass is 351 g/mol. The van der Waals surface area contributed by atoms with E-state index in [9.17, 15) is 14.4 Å². The van der Waals surface area contributed by atoms with Crippen LogP contribution in [0.25, 0.3) is 0 Å². The molecule has 1 amide bonds. The molecule has 0 saturated carbocycles. The van der Waals surface area contributed by atoms with Gasteiger partial charge in [0.05, 0.1) is 18.4 Å². The first-order valence-corrected chi connectivity index (χ1v) is 7.22. The fraction of sp³-hybridized carbons (Fsp3) is 0.267. The van der Waals surface area contributed by atoms with Gasteiger partial charge in [-0.25, -0.2) is 4.79 Å². The van der Waals surface area contributed by atoms with Crippen LogP contribution in [0.15, 0.2) is 34.3 Å². The van der Waals surface area contributed by atoms with E-state index in [2.05, 4.69) is 20.7 Å². The molecule has 0 bridgehead atoms. The molecule has 0 spiro atoms. The van der Waals surface area contributed by atoms with Crippen LogP contribution in [-0.4, -0.2) is 31.3 Å². The number of methoxy groups -OCH3 is 1. The highest BCUT2D eigenvalue weighted by atomic mass is 79.9. The summed E-state index contributed by atoms with van der Waals surface area (Å²) in [4.78, 5) is 36.9. The number of ketones is 1. The molecule has 0 fully saturated rings. The van der Waals surface area contributed by atoms with Gasteiger partial charge in [-0.15, -0.1) is 0 Å². The van der Waals surface area contributed by atoms with Gasteiger partial charge in [0.15, 0.2) is 0 Å². The first kappa shape index (κ1) is 15.4. The molecule has 1 aliphatic heterocycles. The van der Waals surface area contributed by atoms with Gasteiger partial charge in [-0.05, 0) is 34.5 Å². The van der Waals surface area contributed by atoms with Crippen LogP contribution < -0.4 is 4.90 Å². The summed E-state index contributed by atoms with van der Waals surface area (Å²) in [5.74, 6) is -1.55. The van der Waals surface area contributed by atoms with Gasteiger partial charge in [0.1, 0.15) is 0 Å². The number of rotatable bonds is 4. The molecule has 110 valence electrons. The molecule has 6 heteroatoms. The Morgan fingerprint density at radius 1 is 1.38 bits per heavy atom. The number of para-hydroxylation sites is 1. The van der Waals surface area contributed by atoms with E-state index in [1.54, 1.807) is 24.3 Å². The summed E-state index contributed by atoms with van der Waals surface area (Å²) in [5.41, 5.74) is 1.39. The summed E-state index contributed by atoms with van der Waals surface area (Å²) in [6.45, 7) is 1.97. The number of fused-ring (bicyclic) bond motifs is 1. The molecule has 5 nitrogen and oxygen atoms in total. The fourth-order valence-corrected chi connectivity index (χ4v) is 2.77. The molecule has 2 rings (SSSR count). The Morgan fingerprint density at radius 2 is 2.10 bits per heavy atom. The lowest BCUT2D eigenvalue weighted by molar-refractivity contribution is -0.136. The van der Waals surface area contributed by atoms with Crippen molar-refractivity contribution in [2.24, 2.45) is 0 Å². The molecule has 1 aromatic carbocycles. The smallest absolute Gasteiger partial charge is 0.333 e. The van der Waals surface area contributed by atoms with Crippen molar-refractivity contribution in [2.75, 3.05) is 18.6 Å². The molecule has 0 saturated heterocycles. The molecule has 0 aliphatic carbocycles. The number of ether oxygens (including phenoxy) is 1. The summed E-state index contributed by atoms with van der Waals surface area (Å²) < 4.78 is 5.34. The van der Waals surface area contributed by atoms with Crippen LogP contribution in [0.1, 0.15) is 23.7 Å². The number of esters is 1. The van der Waals surface area contributed by atoms with Gasteiger partial charge in [-0.3, -0.25) is 14.5 Å². The highest BCUT2D eigenvalue weighted by Gasteiger charge is 2.36. The van der Waals surface area contributed by atoms with Gasteiger partial charge in [0.25, 0.3) is 11.7 Å². The molecule has 21 heavy (non-hydrogen) atoms. The SMILES string of the molecule is CCC(=CCN1C(=O)C(=O)c2cccc(Br)c21)C(=O)OC. The van der Waals surface area contributed by atoms with Crippen molar-refractivity contribution in [1.29, 1.82) is 0 Å². The fourth-order valence-electron chi connectivity index (χ4n) is 2.19. The van der Waals surface area contributed by atoms with Crippen molar-refractivity contribution < 1.29 is 19.1 Å². The molecule has 0 N–H and O–H groups in total. The van der Waals surface area contributed by atoms with Crippen LogP contribution >= 0.6 is 15.9 Å². The van der Waals surface area contributed by atoms with E-state index in [0.29, 0.717) is 27.7 Å². The van der Waals surface area contributed by atoms with E-state index in [1.165, 1.54) is 12.0 Å². The number of nitrogens with zero attached hydrogens (tertiary/aromatic N) is 1. The Hall–Kier alpha value is -1.95. The standard InChI is InChI=1S/C15H14BrNO4/c1-3-9(15(20)21-2)7-8-17-12-10(13(18)14(17)19)5-4-6-11(12)16/h4-7H,3,8H2,1-2H3. The third-order valence-corrected chi connectivity index (χ3v) is 3.93.